The van der Waals surface area contributed by atoms with Crippen LogP contribution < -0.4 is 9.80 Å². The molecule has 0 bridgehead atoms. The molecule has 1 aromatic carbocycles. The van der Waals surface area contributed by atoms with Crippen molar-refractivity contribution in [2.75, 3.05) is 75.3 Å². The van der Waals surface area contributed by atoms with Crippen LogP contribution >= 0.6 is 0 Å². The minimum atomic E-state index is -0.0430. The molecule has 0 radical (unpaired) electrons. The highest BCUT2D eigenvalue weighted by molar-refractivity contribution is 5.94. The standard InChI is InChI=1S/C22H27N7O2/c23-17-18-2-1-3-19(16-18)22(31)29-12-10-28(11-13-29)21-5-4-20(24-25-21)27-8-6-26(7-9-27)14-15-30/h1-5,16,30H,6-15H2. The largest absolute Gasteiger partial charge is 0.395 e. The van der Waals surface area contributed by atoms with Gasteiger partial charge in [-0.1, -0.05) is 6.07 Å². The molecule has 0 saturated carbocycles. The Bertz CT molecular complexity index is 928. The molecule has 3 heterocycles. The summed E-state index contributed by atoms with van der Waals surface area (Å²) in [7, 11) is 0. The number of benzene rings is 1. The van der Waals surface area contributed by atoms with Gasteiger partial charge in [0.1, 0.15) is 0 Å². The Morgan fingerprint density at radius 3 is 2.10 bits per heavy atom. The van der Waals surface area contributed by atoms with Gasteiger partial charge in [0.05, 0.1) is 18.2 Å². The highest BCUT2D eigenvalue weighted by Gasteiger charge is 2.24. The second kappa shape index (κ2) is 9.73. The number of carbonyl (C=O) groups is 1. The molecule has 2 aliphatic rings. The smallest absolute Gasteiger partial charge is 0.254 e. The maximum Gasteiger partial charge on any atom is 0.254 e. The number of nitriles is 1. The van der Waals surface area contributed by atoms with Crippen molar-refractivity contribution in [1.29, 1.82) is 5.26 Å². The number of amides is 1. The minimum absolute atomic E-state index is 0.0430. The zero-order valence-electron chi connectivity index (χ0n) is 17.5. The molecule has 9 nitrogen and oxygen atoms in total. The normalized spacial score (nSPS) is 17.5. The van der Waals surface area contributed by atoms with Crippen molar-refractivity contribution in [2.24, 2.45) is 0 Å². The maximum absolute atomic E-state index is 12.7. The third kappa shape index (κ3) is 4.93. The van der Waals surface area contributed by atoms with Gasteiger partial charge in [0.15, 0.2) is 11.6 Å². The summed E-state index contributed by atoms with van der Waals surface area (Å²) in [6.07, 6.45) is 0. The van der Waals surface area contributed by atoms with E-state index in [-0.39, 0.29) is 12.5 Å². The molecule has 31 heavy (non-hydrogen) atoms. The molecule has 2 saturated heterocycles. The van der Waals surface area contributed by atoms with Gasteiger partial charge < -0.3 is 19.8 Å². The molecule has 0 aliphatic carbocycles. The summed E-state index contributed by atoms with van der Waals surface area (Å²) in [4.78, 5) is 21.2. The Kier molecular flexibility index (Phi) is 6.60. The van der Waals surface area contributed by atoms with Crippen LogP contribution in [0.15, 0.2) is 36.4 Å². The molecule has 9 heteroatoms. The van der Waals surface area contributed by atoms with Crippen molar-refractivity contribution in [3.05, 3.63) is 47.5 Å². The van der Waals surface area contributed by atoms with Crippen LogP contribution in [0.1, 0.15) is 15.9 Å². The summed E-state index contributed by atoms with van der Waals surface area (Å²) < 4.78 is 0. The minimum Gasteiger partial charge on any atom is -0.395 e. The molecular formula is C22H27N7O2. The zero-order chi connectivity index (χ0) is 21.6. The third-order valence-electron chi connectivity index (χ3n) is 5.88. The first-order valence-corrected chi connectivity index (χ1v) is 10.6. The van der Waals surface area contributed by atoms with Crippen molar-refractivity contribution >= 4 is 17.5 Å². The summed E-state index contributed by atoms with van der Waals surface area (Å²) in [6, 6.07) is 12.9. The Labute approximate surface area is 182 Å². The molecule has 2 aromatic rings. The number of aliphatic hydroxyl groups is 1. The summed E-state index contributed by atoms with van der Waals surface area (Å²) in [5.41, 5.74) is 1.05. The second-order valence-corrected chi connectivity index (χ2v) is 7.77. The number of piperazine rings is 2. The molecule has 1 aromatic heterocycles. The van der Waals surface area contributed by atoms with E-state index < -0.39 is 0 Å². The lowest BCUT2D eigenvalue weighted by Crippen LogP contribution is -2.49. The maximum atomic E-state index is 12.7. The van der Waals surface area contributed by atoms with Crippen molar-refractivity contribution in [3.8, 4) is 6.07 Å². The van der Waals surface area contributed by atoms with Crippen molar-refractivity contribution in [2.45, 2.75) is 0 Å². The fraction of sp³-hybridized carbons (Fsp3) is 0.455. The number of nitrogens with zero attached hydrogens (tertiary/aromatic N) is 7. The number of anilines is 2. The molecule has 0 spiro atoms. The average molecular weight is 422 g/mol. The number of hydrogen-bond donors (Lipinski definition) is 1. The lowest BCUT2D eigenvalue weighted by atomic mass is 10.1. The second-order valence-electron chi connectivity index (χ2n) is 7.77. The lowest BCUT2D eigenvalue weighted by Gasteiger charge is -2.36. The highest BCUT2D eigenvalue weighted by Crippen LogP contribution is 2.19. The molecule has 1 amide bonds. The Hall–Kier alpha value is -3.22. The molecule has 2 fully saturated rings. The van der Waals surface area contributed by atoms with Crippen LogP contribution in [-0.4, -0.2) is 96.5 Å². The van der Waals surface area contributed by atoms with Gasteiger partial charge in [-0.25, -0.2) is 0 Å². The van der Waals surface area contributed by atoms with Crippen LogP contribution in [0.2, 0.25) is 0 Å². The van der Waals surface area contributed by atoms with Crippen LogP contribution in [0.25, 0.3) is 0 Å². The van der Waals surface area contributed by atoms with Gasteiger partial charge in [-0.2, -0.15) is 5.26 Å². The highest BCUT2D eigenvalue weighted by atomic mass is 16.3. The van der Waals surface area contributed by atoms with E-state index in [0.717, 1.165) is 44.4 Å². The first-order chi connectivity index (χ1) is 15.2. The number of hydrogen-bond acceptors (Lipinski definition) is 8. The number of aliphatic hydroxyl groups excluding tert-OH is 1. The van der Waals surface area contributed by atoms with Gasteiger partial charge >= 0.3 is 0 Å². The van der Waals surface area contributed by atoms with E-state index in [1.807, 2.05) is 17.0 Å². The Balaban J connectivity index is 1.31. The van der Waals surface area contributed by atoms with E-state index >= 15 is 0 Å². The predicted octanol–water partition coefficient (Wildman–Crippen LogP) is 0.425. The van der Waals surface area contributed by atoms with Gasteiger partial charge in [0, 0.05) is 64.5 Å². The number of carbonyl (C=O) groups excluding carboxylic acids is 1. The average Bonchev–Trinajstić information content (AvgIpc) is 2.84. The van der Waals surface area contributed by atoms with Crippen molar-refractivity contribution < 1.29 is 9.90 Å². The van der Waals surface area contributed by atoms with Gasteiger partial charge in [-0.15, -0.1) is 10.2 Å². The van der Waals surface area contributed by atoms with Gasteiger partial charge in [-0.3, -0.25) is 9.69 Å². The lowest BCUT2D eigenvalue weighted by molar-refractivity contribution is 0.0746. The van der Waals surface area contributed by atoms with E-state index in [2.05, 4.69) is 31.0 Å². The molecule has 162 valence electrons. The van der Waals surface area contributed by atoms with Gasteiger partial charge in [0.25, 0.3) is 5.91 Å². The third-order valence-corrected chi connectivity index (χ3v) is 5.88. The van der Waals surface area contributed by atoms with Crippen LogP contribution in [0.3, 0.4) is 0 Å². The summed E-state index contributed by atoms with van der Waals surface area (Å²) in [5.74, 6) is 1.65. The topological polar surface area (TPSA) is 99.8 Å². The SMILES string of the molecule is N#Cc1cccc(C(=O)N2CCN(c3ccc(N4CCN(CCO)CC4)nn3)CC2)c1. The van der Waals surface area contributed by atoms with Crippen LogP contribution in [0.5, 0.6) is 0 Å². The number of β-amino-alcohol motifs (C(OH)–C–C–N with tert-alkyl or cyclic N) is 1. The van der Waals surface area contributed by atoms with Crippen LogP contribution in [0.4, 0.5) is 11.6 Å². The molecule has 4 rings (SSSR count). The Morgan fingerprint density at radius 1 is 0.935 bits per heavy atom. The van der Waals surface area contributed by atoms with E-state index in [0.29, 0.717) is 37.3 Å². The molecule has 2 aliphatic heterocycles. The Morgan fingerprint density at radius 2 is 1.55 bits per heavy atom. The van der Waals surface area contributed by atoms with Crippen LogP contribution in [-0.2, 0) is 0 Å². The zero-order valence-corrected chi connectivity index (χ0v) is 17.5. The monoisotopic (exact) mass is 421 g/mol. The summed E-state index contributed by atoms with van der Waals surface area (Å²) in [5, 5.41) is 27.0. The van der Waals surface area contributed by atoms with Crippen molar-refractivity contribution in [1.82, 2.24) is 20.0 Å². The summed E-state index contributed by atoms with van der Waals surface area (Å²) in [6.45, 7) is 7.08. The van der Waals surface area contributed by atoms with Gasteiger partial charge in [-0.05, 0) is 30.3 Å². The van der Waals surface area contributed by atoms with Gasteiger partial charge in [0.2, 0.25) is 0 Å². The molecule has 0 atom stereocenters. The summed E-state index contributed by atoms with van der Waals surface area (Å²) >= 11 is 0. The van der Waals surface area contributed by atoms with Crippen LogP contribution in [0, 0.1) is 11.3 Å². The molecule has 1 N–H and O–H groups in total. The van der Waals surface area contributed by atoms with E-state index in [4.69, 9.17) is 10.4 Å². The number of aromatic nitrogens is 2. The molecular weight excluding hydrogens is 394 g/mol. The van der Waals surface area contributed by atoms with Crippen molar-refractivity contribution in [3.63, 3.8) is 0 Å². The fourth-order valence-electron chi connectivity index (χ4n) is 4.04. The number of rotatable bonds is 5. The first-order valence-electron chi connectivity index (χ1n) is 10.6. The van der Waals surface area contributed by atoms with E-state index in [9.17, 15) is 4.79 Å². The van der Waals surface area contributed by atoms with E-state index in [1.165, 1.54) is 0 Å². The molecule has 0 unspecified atom stereocenters. The first kappa shape index (κ1) is 21.0. The quantitative estimate of drug-likeness (QED) is 0.742. The fourth-order valence-corrected chi connectivity index (χ4v) is 4.04. The van der Waals surface area contributed by atoms with E-state index in [1.54, 1.807) is 24.3 Å². The predicted molar refractivity (Wildman–Crippen MR) is 117 cm³/mol.